The molecule has 2 heterocycles. The van der Waals surface area contributed by atoms with Gasteiger partial charge in [0.15, 0.2) is 15.5 Å². The van der Waals surface area contributed by atoms with Gasteiger partial charge in [0.25, 0.3) is 0 Å². The number of hydrogen-bond donors (Lipinski definition) is 1. The lowest BCUT2D eigenvalue weighted by molar-refractivity contribution is 0.0689. The van der Waals surface area contributed by atoms with Crippen molar-refractivity contribution in [3.05, 3.63) is 64.3 Å². The summed E-state index contributed by atoms with van der Waals surface area (Å²) in [5.41, 5.74) is 1.60. The molecule has 8 heteroatoms. The maximum Gasteiger partial charge on any atom is 0.356 e. The molecule has 1 aromatic heterocycles. The number of aromatic nitrogens is 2. The van der Waals surface area contributed by atoms with Gasteiger partial charge < -0.3 is 5.11 Å². The van der Waals surface area contributed by atoms with Crippen LogP contribution in [-0.4, -0.2) is 29.3 Å². The SMILES string of the molecule is O=C(O)c1nn(-c2ccc(Br)cc2)c2c1CS(=O)(=O)c1ccccc1-2. The number of carboxylic acids is 1. The van der Waals surface area contributed by atoms with Crippen molar-refractivity contribution in [3.8, 4) is 16.9 Å². The van der Waals surface area contributed by atoms with Crippen LogP contribution in [0.1, 0.15) is 16.1 Å². The maximum absolute atomic E-state index is 12.6. The Morgan fingerprint density at radius 3 is 2.48 bits per heavy atom. The molecule has 0 saturated heterocycles. The van der Waals surface area contributed by atoms with E-state index in [-0.39, 0.29) is 21.9 Å². The smallest absolute Gasteiger partial charge is 0.356 e. The zero-order valence-corrected chi connectivity index (χ0v) is 15.1. The lowest BCUT2D eigenvalue weighted by Crippen LogP contribution is -2.15. The highest BCUT2D eigenvalue weighted by Crippen LogP contribution is 2.40. The number of fused-ring (bicyclic) bond motifs is 3. The summed E-state index contributed by atoms with van der Waals surface area (Å²) in [4.78, 5) is 11.8. The summed E-state index contributed by atoms with van der Waals surface area (Å²) in [5.74, 6) is -1.63. The molecular weight excluding hydrogens is 408 g/mol. The molecule has 6 nitrogen and oxygen atoms in total. The third-order valence-corrected chi connectivity index (χ3v) is 6.29. The van der Waals surface area contributed by atoms with Gasteiger partial charge in [-0.1, -0.05) is 34.1 Å². The van der Waals surface area contributed by atoms with Crippen LogP contribution in [0.25, 0.3) is 16.9 Å². The van der Waals surface area contributed by atoms with Crippen LogP contribution in [-0.2, 0) is 15.6 Å². The number of rotatable bonds is 2. The Hall–Kier alpha value is -2.45. The summed E-state index contributed by atoms with van der Waals surface area (Å²) in [5, 5.41) is 13.7. The summed E-state index contributed by atoms with van der Waals surface area (Å²) in [6, 6.07) is 13.8. The molecule has 126 valence electrons. The number of aromatic carboxylic acids is 1. The molecule has 0 amide bonds. The molecule has 0 spiro atoms. The van der Waals surface area contributed by atoms with Crippen LogP contribution in [0.15, 0.2) is 57.9 Å². The second kappa shape index (κ2) is 5.53. The first-order valence-corrected chi connectivity index (χ1v) is 9.76. The Labute approximate surface area is 151 Å². The monoisotopic (exact) mass is 418 g/mol. The minimum absolute atomic E-state index is 0.192. The average Bonchev–Trinajstić information content (AvgIpc) is 2.94. The molecular formula is C17H11BrN2O4S. The van der Waals surface area contributed by atoms with E-state index in [1.165, 1.54) is 10.7 Å². The van der Waals surface area contributed by atoms with Crippen molar-refractivity contribution in [2.45, 2.75) is 10.6 Å². The largest absolute Gasteiger partial charge is 0.476 e. The quantitative estimate of drug-likeness (QED) is 0.689. The van der Waals surface area contributed by atoms with Gasteiger partial charge in [0, 0.05) is 15.6 Å². The highest BCUT2D eigenvalue weighted by Gasteiger charge is 2.35. The van der Waals surface area contributed by atoms with E-state index in [2.05, 4.69) is 21.0 Å². The highest BCUT2D eigenvalue weighted by atomic mass is 79.9. The van der Waals surface area contributed by atoms with Crippen molar-refractivity contribution in [2.75, 3.05) is 0 Å². The number of carbonyl (C=O) groups is 1. The maximum atomic E-state index is 12.6. The molecule has 0 saturated carbocycles. The zero-order chi connectivity index (χ0) is 17.8. The van der Waals surface area contributed by atoms with E-state index in [0.717, 1.165) is 4.47 Å². The van der Waals surface area contributed by atoms with Gasteiger partial charge >= 0.3 is 5.97 Å². The first-order valence-electron chi connectivity index (χ1n) is 7.32. The molecule has 0 radical (unpaired) electrons. The summed E-state index contributed by atoms with van der Waals surface area (Å²) >= 11 is 3.36. The molecule has 2 aromatic carbocycles. The molecule has 0 atom stereocenters. The van der Waals surface area contributed by atoms with Crippen LogP contribution in [0.3, 0.4) is 0 Å². The van der Waals surface area contributed by atoms with Crippen LogP contribution in [0.2, 0.25) is 0 Å². The Balaban J connectivity index is 2.09. The second-order valence-electron chi connectivity index (χ2n) is 5.62. The Morgan fingerprint density at radius 2 is 1.80 bits per heavy atom. The van der Waals surface area contributed by atoms with Crippen LogP contribution in [0.4, 0.5) is 0 Å². The molecule has 4 rings (SSSR count). The third-order valence-electron chi connectivity index (χ3n) is 4.07. The van der Waals surface area contributed by atoms with Gasteiger partial charge in [-0.3, -0.25) is 0 Å². The van der Waals surface area contributed by atoms with E-state index in [9.17, 15) is 18.3 Å². The molecule has 0 aliphatic carbocycles. The number of hydrogen-bond acceptors (Lipinski definition) is 4. The van der Waals surface area contributed by atoms with Crippen molar-refractivity contribution in [1.82, 2.24) is 9.78 Å². The van der Waals surface area contributed by atoms with Crippen molar-refractivity contribution >= 4 is 31.7 Å². The van der Waals surface area contributed by atoms with Gasteiger partial charge in [-0.15, -0.1) is 0 Å². The van der Waals surface area contributed by atoms with E-state index >= 15 is 0 Å². The Kier molecular flexibility index (Phi) is 3.55. The molecule has 0 bridgehead atoms. The highest BCUT2D eigenvalue weighted by molar-refractivity contribution is 9.10. The number of nitrogens with zero attached hydrogens (tertiary/aromatic N) is 2. The van der Waals surface area contributed by atoms with Crippen molar-refractivity contribution in [1.29, 1.82) is 0 Å². The standard InChI is InChI=1S/C17H11BrN2O4S/c18-10-5-7-11(8-6-10)20-16-12-3-1-2-4-14(12)25(23,24)9-13(16)15(19-20)17(21)22/h1-8H,9H2,(H,21,22). The minimum atomic E-state index is -3.61. The van der Waals surface area contributed by atoms with Gasteiger partial charge in [0.1, 0.15) is 0 Å². The van der Waals surface area contributed by atoms with E-state index < -0.39 is 15.8 Å². The van der Waals surface area contributed by atoms with Crippen molar-refractivity contribution in [2.24, 2.45) is 0 Å². The number of carboxylic acid groups (broad SMARTS) is 1. The lowest BCUT2D eigenvalue weighted by Gasteiger charge is -2.18. The van der Waals surface area contributed by atoms with Gasteiger partial charge in [-0.05, 0) is 30.3 Å². The van der Waals surface area contributed by atoms with Crippen LogP contribution < -0.4 is 0 Å². The summed E-state index contributed by atoms with van der Waals surface area (Å²) < 4.78 is 27.5. The number of halogens is 1. The topological polar surface area (TPSA) is 89.3 Å². The molecule has 3 aromatic rings. The van der Waals surface area contributed by atoms with Crippen LogP contribution in [0.5, 0.6) is 0 Å². The number of benzene rings is 2. The predicted octanol–water partition coefficient (Wildman–Crippen LogP) is 3.29. The van der Waals surface area contributed by atoms with Gasteiger partial charge in [-0.25, -0.2) is 17.9 Å². The van der Waals surface area contributed by atoms with Gasteiger partial charge in [0.2, 0.25) is 0 Å². The summed E-state index contributed by atoms with van der Waals surface area (Å²) in [6.07, 6.45) is 0. The molecule has 0 fully saturated rings. The van der Waals surface area contributed by atoms with Crippen LogP contribution >= 0.6 is 15.9 Å². The lowest BCUT2D eigenvalue weighted by atomic mass is 10.1. The fraction of sp³-hybridized carbons (Fsp3) is 0.0588. The van der Waals surface area contributed by atoms with E-state index in [1.807, 2.05) is 12.1 Å². The van der Waals surface area contributed by atoms with E-state index in [1.54, 1.807) is 30.3 Å². The zero-order valence-electron chi connectivity index (χ0n) is 12.7. The second-order valence-corrected chi connectivity index (χ2v) is 8.50. The molecule has 1 N–H and O–H groups in total. The van der Waals surface area contributed by atoms with Crippen LogP contribution in [0, 0.1) is 0 Å². The molecule has 25 heavy (non-hydrogen) atoms. The van der Waals surface area contributed by atoms with E-state index in [4.69, 9.17) is 0 Å². The molecule has 1 aliphatic heterocycles. The fourth-order valence-corrected chi connectivity index (χ4v) is 4.86. The first-order chi connectivity index (χ1) is 11.9. The van der Waals surface area contributed by atoms with Gasteiger partial charge in [0.05, 0.1) is 22.0 Å². The minimum Gasteiger partial charge on any atom is -0.476 e. The first kappa shape index (κ1) is 16.0. The Morgan fingerprint density at radius 1 is 1.12 bits per heavy atom. The predicted molar refractivity (Wildman–Crippen MR) is 94.5 cm³/mol. The van der Waals surface area contributed by atoms with E-state index in [0.29, 0.717) is 16.9 Å². The third kappa shape index (κ3) is 2.49. The van der Waals surface area contributed by atoms with Crippen molar-refractivity contribution < 1.29 is 18.3 Å². The Bertz CT molecular complexity index is 1120. The normalized spacial score (nSPS) is 14.6. The fourth-order valence-electron chi connectivity index (χ4n) is 3.01. The number of sulfone groups is 1. The average molecular weight is 419 g/mol. The van der Waals surface area contributed by atoms with Gasteiger partial charge in [-0.2, -0.15) is 5.10 Å². The summed E-state index contributed by atoms with van der Waals surface area (Å²) in [6.45, 7) is 0. The van der Waals surface area contributed by atoms with Crippen molar-refractivity contribution in [3.63, 3.8) is 0 Å². The summed E-state index contributed by atoms with van der Waals surface area (Å²) in [7, 11) is -3.61. The molecule has 1 aliphatic rings. The molecule has 0 unspecified atom stereocenters.